The molecular weight excluding hydrogens is 179 g/mol. The molecule has 0 bridgehead atoms. The molecule has 1 aliphatic rings. The van der Waals surface area contributed by atoms with Crippen LogP contribution >= 0.6 is 0 Å². The minimum absolute atomic E-state index is 0.249. The molecule has 1 aliphatic heterocycles. The van der Waals surface area contributed by atoms with Crippen molar-refractivity contribution in [3.63, 3.8) is 0 Å². The van der Waals surface area contributed by atoms with Crippen molar-refractivity contribution in [1.82, 2.24) is 10.3 Å². The second-order valence-corrected chi connectivity index (χ2v) is 4.64. The lowest BCUT2D eigenvalue weighted by Crippen LogP contribution is -2.60. The molecule has 1 aromatic heterocycles. The van der Waals surface area contributed by atoms with Crippen LogP contribution in [-0.4, -0.2) is 16.6 Å². The van der Waals surface area contributed by atoms with Crippen molar-refractivity contribution in [1.29, 1.82) is 0 Å². The Morgan fingerprint density at radius 1 is 1.57 bits per heavy atom. The van der Waals surface area contributed by atoms with Gasteiger partial charge < -0.3 is 5.32 Å². The first-order valence-electron chi connectivity index (χ1n) is 4.92. The lowest BCUT2D eigenvalue weighted by Gasteiger charge is -2.44. The van der Waals surface area contributed by atoms with Crippen LogP contribution in [0, 0.1) is 5.82 Å². The lowest BCUT2D eigenvalue weighted by atomic mass is 9.82. The standard InChI is InChI=1S/C11H15FN2/c1-11(2)5-10(14-11)4-8-3-9(12)7-13-6-8/h3,6-7,10,14H,4-5H2,1-2H3. The largest absolute Gasteiger partial charge is 0.309 e. The fourth-order valence-corrected chi connectivity index (χ4v) is 2.12. The third-order valence-corrected chi connectivity index (χ3v) is 2.60. The molecule has 2 heterocycles. The number of aromatic nitrogens is 1. The van der Waals surface area contributed by atoms with Gasteiger partial charge in [-0.15, -0.1) is 0 Å². The molecule has 0 aromatic carbocycles. The Morgan fingerprint density at radius 2 is 2.29 bits per heavy atom. The van der Waals surface area contributed by atoms with E-state index in [-0.39, 0.29) is 11.4 Å². The van der Waals surface area contributed by atoms with Crippen LogP contribution in [0.3, 0.4) is 0 Å². The molecule has 0 aliphatic carbocycles. The van der Waals surface area contributed by atoms with Gasteiger partial charge in [0.15, 0.2) is 0 Å². The lowest BCUT2D eigenvalue weighted by molar-refractivity contribution is 0.175. The highest BCUT2D eigenvalue weighted by Crippen LogP contribution is 2.25. The highest BCUT2D eigenvalue weighted by molar-refractivity contribution is 5.14. The average Bonchev–Trinajstić information content (AvgIpc) is 2.00. The Morgan fingerprint density at radius 3 is 2.86 bits per heavy atom. The van der Waals surface area contributed by atoms with Crippen LogP contribution in [0.5, 0.6) is 0 Å². The summed E-state index contributed by atoms with van der Waals surface area (Å²) in [5.41, 5.74) is 1.23. The highest BCUT2D eigenvalue weighted by atomic mass is 19.1. The van der Waals surface area contributed by atoms with Crippen molar-refractivity contribution >= 4 is 0 Å². The monoisotopic (exact) mass is 194 g/mol. The number of halogens is 1. The van der Waals surface area contributed by atoms with E-state index in [1.807, 2.05) is 0 Å². The van der Waals surface area contributed by atoms with Gasteiger partial charge in [0.1, 0.15) is 5.82 Å². The summed E-state index contributed by atoms with van der Waals surface area (Å²) in [4.78, 5) is 3.83. The molecule has 0 saturated carbocycles. The van der Waals surface area contributed by atoms with Gasteiger partial charge in [-0.25, -0.2) is 4.39 Å². The van der Waals surface area contributed by atoms with Crippen LogP contribution in [-0.2, 0) is 6.42 Å². The SMILES string of the molecule is CC1(C)CC(Cc2cncc(F)c2)N1. The average molecular weight is 194 g/mol. The third-order valence-electron chi connectivity index (χ3n) is 2.60. The third kappa shape index (κ3) is 2.10. The molecule has 1 atom stereocenters. The van der Waals surface area contributed by atoms with E-state index in [1.165, 1.54) is 6.20 Å². The molecule has 1 N–H and O–H groups in total. The number of hydrogen-bond acceptors (Lipinski definition) is 2. The van der Waals surface area contributed by atoms with E-state index in [9.17, 15) is 4.39 Å². The van der Waals surface area contributed by atoms with Crippen molar-refractivity contribution in [3.05, 3.63) is 29.8 Å². The first-order valence-corrected chi connectivity index (χ1v) is 4.92. The van der Waals surface area contributed by atoms with Gasteiger partial charge in [-0.3, -0.25) is 4.98 Å². The van der Waals surface area contributed by atoms with Crippen LogP contribution in [0.15, 0.2) is 18.5 Å². The maximum Gasteiger partial charge on any atom is 0.141 e. The summed E-state index contributed by atoms with van der Waals surface area (Å²) in [6.45, 7) is 4.35. The molecule has 0 radical (unpaired) electrons. The van der Waals surface area contributed by atoms with E-state index in [1.54, 1.807) is 12.3 Å². The van der Waals surface area contributed by atoms with Crippen molar-refractivity contribution in [2.24, 2.45) is 0 Å². The van der Waals surface area contributed by atoms with Crippen molar-refractivity contribution < 1.29 is 4.39 Å². The molecule has 1 fully saturated rings. The second-order valence-electron chi connectivity index (χ2n) is 4.64. The van der Waals surface area contributed by atoms with Gasteiger partial charge in [0, 0.05) is 17.8 Å². The molecule has 14 heavy (non-hydrogen) atoms. The fourth-order valence-electron chi connectivity index (χ4n) is 2.12. The van der Waals surface area contributed by atoms with Gasteiger partial charge in [0.2, 0.25) is 0 Å². The smallest absolute Gasteiger partial charge is 0.141 e. The minimum Gasteiger partial charge on any atom is -0.309 e. The Labute approximate surface area is 83.6 Å². The summed E-state index contributed by atoms with van der Waals surface area (Å²) in [5.74, 6) is -0.249. The quantitative estimate of drug-likeness (QED) is 0.777. The topological polar surface area (TPSA) is 24.9 Å². The van der Waals surface area contributed by atoms with Crippen LogP contribution in [0.25, 0.3) is 0 Å². The number of hydrogen-bond donors (Lipinski definition) is 1. The maximum absolute atomic E-state index is 12.8. The number of nitrogens with zero attached hydrogens (tertiary/aromatic N) is 1. The van der Waals surface area contributed by atoms with Gasteiger partial charge >= 0.3 is 0 Å². The highest BCUT2D eigenvalue weighted by Gasteiger charge is 2.34. The molecule has 2 nitrogen and oxygen atoms in total. The first-order chi connectivity index (χ1) is 6.55. The summed E-state index contributed by atoms with van der Waals surface area (Å²) in [7, 11) is 0. The molecule has 0 spiro atoms. The van der Waals surface area contributed by atoms with Crippen LogP contribution in [0.2, 0.25) is 0 Å². The number of pyridine rings is 1. The Hall–Kier alpha value is -0.960. The summed E-state index contributed by atoms with van der Waals surface area (Å²) < 4.78 is 12.8. The zero-order valence-corrected chi connectivity index (χ0v) is 8.55. The molecule has 0 amide bonds. The van der Waals surface area contributed by atoms with Gasteiger partial charge in [-0.2, -0.15) is 0 Å². The molecule has 2 rings (SSSR count). The zero-order valence-electron chi connectivity index (χ0n) is 8.55. The molecular formula is C11H15FN2. The number of rotatable bonds is 2. The molecule has 1 saturated heterocycles. The van der Waals surface area contributed by atoms with Crippen LogP contribution in [0.4, 0.5) is 4.39 Å². The van der Waals surface area contributed by atoms with E-state index in [2.05, 4.69) is 24.1 Å². The van der Waals surface area contributed by atoms with Crippen molar-refractivity contribution in [2.45, 2.75) is 38.3 Å². The predicted octanol–water partition coefficient (Wildman–Crippen LogP) is 1.90. The van der Waals surface area contributed by atoms with E-state index < -0.39 is 0 Å². The van der Waals surface area contributed by atoms with Crippen molar-refractivity contribution in [2.75, 3.05) is 0 Å². The second kappa shape index (κ2) is 3.31. The van der Waals surface area contributed by atoms with Gasteiger partial charge in [0.05, 0.1) is 6.20 Å². The van der Waals surface area contributed by atoms with E-state index in [0.717, 1.165) is 18.4 Å². The van der Waals surface area contributed by atoms with Crippen LogP contribution in [0.1, 0.15) is 25.8 Å². The minimum atomic E-state index is -0.249. The summed E-state index contributed by atoms with van der Waals surface area (Å²) in [6, 6.07) is 2.04. The van der Waals surface area contributed by atoms with E-state index in [4.69, 9.17) is 0 Å². The maximum atomic E-state index is 12.8. The molecule has 3 heteroatoms. The number of nitrogens with one attached hydrogen (secondary N) is 1. The zero-order chi connectivity index (χ0) is 10.2. The Balaban J connectivity index is 1.93. The molecule has 76 valence electrons. The Bertz CT molecular complexity index is 328. The van der Waals surface area contributed by atoms with Crippen molar-refractivity contribution in [3.8, 4) is 0 Å². The molecule has 1 aromatic rings. The van der Waals surface area contributed by atoms with Crippen LogP contribution < -0.4 is 5.32 Å². The summed E-state index contributed by atoms with van der Waals surface area (Å²) >= 11 is 0. The molecule has 1 unspecified atom stereocenters. The normalized spacial score (nSPS) is 24.4. The van der Waals surface area contributed by atoms with E-state index in [0.29, 0.717) is 6.04 Å². The van der Waals surface area contributed by atoms with Gasteiger partial charge in [0.25, 0.3) is 0 Å². The van der Waals surface area contributed by atoms with Gasteiger partial charge in [-0.1, -0.05) is 0 Å². The first kappa shape index (κ1) is 9.59. The van der Waals surface area contributed by atoms with E-state index >= 15 is 0 Å². The summed E-state index contributed by atoms with van der Waals surface area (Å²) in [6.07, 6.45) is 4.98. The Kier molecular flexibility index (Phi) is 2.27. The predicted molar refractivity (Wildman–Crippen MR) is 53.5 cm³/mol. The summed E-state index contributed by atoms with van der Waals surface area (Å²) in [5, 5.41) is 3.44. The fraction of sp³-hybridized carbons (Fsp3) is 0.545. The van der Waals surface area contributed by atoms with Gasteiger partial charge in [-0.05, 0) is 38.3 Å².